The average Bonchev–Trinajstić information content (AvgIpc) is 2.69. The molecule has 0 unspecified atom stereocenters. The minimum atomic E-state index is 0.471. The number of anilines is 1. The van der Waals surface area contributed by atoms with Gasteiger partial charge in [-0.15, -0.1) is 10.2 Å². The van der Waals surface area contributed by atoms with E-state index in [0.717, 1.165) is 14.4 Å². The van der Waals surface area contributed by atoms with E-state index < -0.39 is 0 Å². The van der Waals surface area contributed by atoms with Gasteiger partial charge in [-0.05, 0) is 37.7 Å². The molecule has 5 nitrogen and oxygen atoms in total. The van der Waals surface area contributed by atoms with Gasteiger partial charge in [0.1, 0.15) is 10.0 Å². The second-order valence-corrected chi connectivity index (χ2v) is 5.62. The molecule has 0 spiro atoms. The van der Waals surface area contributed by atoms with Gasteiger partial charge in [0.15, 0.2) is 4.34 Å². The summed E-state index contributed by atoms with van der Waals surface area (Å²) in [5.74, 6) is 0.471. The number of hydrogen-bond acceptors (Lipinski definition) is 7. The highest BCUT2D eigenvalue weighted by Gasteiger charge is 2.08. The number of aromatic nitrogens is 3. The molecular formula is C10H12N4OS2. The molecule has 0 saturated carbocycles. The highest BCUT2D eigenvalue weighted by molar-refractivity contribution is 8.01. The maximum Gasteiger partial charge on any atom is 0.238 e. The third kappa shape index (κ3) is 3.07. The van der Waals surface area contributed by atoms with Gasteiger partial charge >= 0.3 is 0 Å². The minimum absolute atomic E-state index is 0.471. The van der Waals surface area contributed by atoms with Crippen molar-refractivity contribution in [2.75, 3.05) is 12.3 Å². The molecule has 0 saturated heterocycles. The lowest BCUT2D eigenvalue weighted by Crippen LogP contribution is -1.99. The molecule has 0 radical (unpaired) electrons. The van der Waals surface area contributed by atoms with E-state index >= 15 is 0 Å². The third-order valence-electron chi connectivity index (χ3n) is 1.84. The van der Waals surface area contributed by atoms with Crippen LogP contribution in [0.2, 0.25) is 0 Å². The first kappa shape index (κ1) is 12.1. The Hall–Kier alpha value is -1.34. The van der Waals surface area contributed by atoms with Gasteiger partial charge in [0, 0.05) is 0 Å². The highest BCUT2D eigenvalue weighted by atomic mass is 32.2. The molecule has 17 heavy (non-hydrogen) atoms. The number of ether oxygens (including phenoxy) is 1. The first-order valence-electron chi connectivity index (χ1n) is 5.06. The summed E-state index contributed by atoms with van der Waals surface area (Å²) in [7, 11) is 0. The minimum Gasteiger partial charge on any atom is -0.476 e. The Balaban J connectivity index is 2.18. The zero-order chi connectivity index (χ0) is 12.3. The van der Waals surface area contributed by atoms with Gasteiger partial charge in [0.05, 0.1) is 12.3 Å². The quantitative estimate of drug-likeness (QED) is 0.917. The van der Waals surface area contributed by atoms with Crippen LogP contribution in [-0.2, 0) is 0 Å². The number of aryl methyl sites for hydroxylation is 1. The monoisotopic (exact) mass is 268 g/mol. The van der Waals surface area contributed by atoms with Gasteiger partial charge in [-0.2, -0.15) is 0 Å². The van der Waals surface area contributed by atoms with Gasteiger partial charge in [0.25, 0.3) is 0 Å². The van der Waals surface area contributed by atoms with E-state index in [9.17, 15) is 0 Å². The van der Waals surface area contributed by atoms with Crippen molar-refractivity contribution in [1.82, 2.24) is 15.2 Å². The Kier molecular flexibility index (Phi) is 3.80. The molecule has 2 N–H and O–H groups in total. The molecule has 0 bridgehead atoms. The summed E-state index contributed by atoms with van der Waals surface area (Å²) in [6.07, 6.45) is 0. The Morgan fingerprint density at radius 2 is 2.24 bits per heavy atom. The van der Waals surface area contributed by atoms with Crippen LogP contribution in [0.4, 0.5) is 5.69 Å². The number of nitrogens with zero attached hydrogens (tertiary/aromatic N) is 3. The predicted molar refractivity (Wildman–Crippen MR) is 68.6 cm³/mol. The van der Waals surface area contributed by atoms with Crippen LogP contribution in [0, 0.1) is 6.92 Å². The predicted octanol–water partition coefficient (Wildman–Crippen LogP) is 2.37. The second-order valence-electron chi connectivity index (χ2n) is 3.17. The van der Waals surface area contributed by atoms with Crippen LogP contribution in [0.1, 0.15) is 11.9 Å². The van der Waals surface area contributed by atoms with Crippen LogP contribution >= 0.6 is 23.1 Å². The fourth-order valence-corrected chi connectivity index (χ4v) is 2.88. The Morgan fingerprint density at radius 3 is 2.88 bits per heavy atom. The van der Waals surface area contributed by atoms with Gasteiger partial charge in [0.2, 0.25) is 5.88 Å². The summed E-state index contributed by atoms with van der Waals surface area (Å²) in [6, 6.07) is 3.63. The van der Waals surface area contributed by atoms with Crippen LogP contribution in [-0.4, -0.2) is 21.8 Å². The molecule has 90 valence electrons. The molecule has 2 heterocycles. The van der Waals surface area contributed by atoms with E-state index in [1.165, 1.54) is 23.1 Å². The molecule has 0 atom stereocenters. The van der Waals surface area contributed by atoms with E-state index in [2.05, 4.69) is 15.2 Å². The lowest BCUT2D eigenvalue weighted by Gasteiger charge is -2.06. The fraction of sp³-hybridized carbons (Fsp3) is 0.300. The zero-order valence-corrected chi connectivity index (χ0v) is 11.1. The molecule has 0 aliphatic heterocycles. The molecule has 2 aromatic rings. The van der Waals surface area contributed by atoms with Gasteiger partial charge in [-0.3, -0.25) is 0 Å². The van der Waals surface area contributed by atoms with Gasteiger partial charge in [-0.1, -0.05) is 11.3 Å². The Bertz CT molecular complexity index is 515. The van der Waals surface area contributed by atoms with Crippen molar-refractivity contribution in [1.29, 1.82) is 0 Å². The number of rotatable bonds is 4. The first-order valence-corrected chi connectivity index (χ1v) is 6.69. The Labute approximate surface area is 107 Å². The summed E-state index contributed by atoms with van der Waals surface area (Å²) in [5, 5.41) is 9.72. The van der Waals surface area contributed by atoms with E-state index in [-0.39, 0.29) is 0 Å². The lowest BCUT2D eigenvalue weighted by atomic mass is 10.4. The van der Waals surface area contributed by atoms with E-state index in [1.807, 2.05) is 19.9 Å². The van der Waals surface area contributed by atoms with Crippen LogP contribution in [0.5, 0.6) is 5.88 Å². The van der Waals surface area contributed by atoms with E-state index in [0.29, 0.717) is 18.2 Å². The summed E-state index contributed by atoms with van der Waals surface area (Å²) in [4.78, 5) is 4.32. The molecule has 7 heteroatoms. The van der Waals surface area contributed by atoms with Gasteiger partial charge in [-0.25, -0.2) is 4.98 Å². The van der Waals surface area contributed by atoms with Crippen LogP contribution in [0.25, 0.3) is 0 Å². The summed E-state index contributed by atoms with van der Waals surface area (Å²) < 4.78 is 6.20. The van der Waals surface area contributed by atoms with Crippen LogP contribution in [0.15, 0.2) is 21.5 Å². The molecule has 0 aliphatic rings. The van der Waals surface area contributed by atoms with E-state index in [4.69, 9.17) is 10.5 Å². The maximum absolute atomic E-state index is 5.75. The van der Waals surface area contributed by atoms with Crippen molar-refractivity contribution in [3.63, 3.8) is 0 Å². The molecule has 0 aromatic carbocycles. The van der Waals surface area contributed by atoms with Crippen LogP contribution in [0.3, 0.4) is 0 Å². The van der Waals surface area contributed by atoms with E-state index in [1.54, 1.807) is 6.07 Å². The third-order valence-corrected chi connectivity index (χ3v) is 3.67. The molecule has 0 amide bonds. The number of pyridine rings is 1. The summed E-state index contributed by atoms with van der Waals surface area (Å²) >= 11 is 2.99. The standard InChI is InChI=1S/C10H12N4OS2/c1-3-15-9-7(11)4-5-8(12-9)17-10-14-13-6(2)16-10/h4-5H,3,11H2,1-2H3. The van der Waals surface area contributed by atoms with Crippen molar-refractivity contribution in [3.8, 4) is 5.88 Å². The molecule has 0 fully saturated rings. The first-order chi connectivity index (χ1) is 8.19. The molecule has 2 aromatic heterocycles. The molecular weight excluding hydrogens is 256 g/mol. The smallest absolute Gasteiger partial charge is 0.238 e. The molecule has 2 rings (SSSR count). The normalized spacial score (nSPS) is 10.5. The SMILES string of the molecule is CCOc1nc(Sc2nnc(C)s2)ccc1N. The number of nitrogen functional groups attached to an aromatic ring is 1. The van der Waals surface area contributed by atoms with Crippen molar-refractivity contribution >= 4 is 28.8 Å². The number of hydrogen-bond donors (Lipinski definition) is 1. The summed E-state index contributed by atoms with van der Waals surface area (Å²) in [5.41, 5.74) is 6.30. The van der Waals surface area contributed by atoms with Crippen molar-refractivity contribution in [2.45, 2.75) is 23.2 Å². The zero-order valence-electron chi connectivity index (χ0n) is 9.51. The topological polar surface area (TPSA) is 73.9 Å². The van der Waals surface area contributed by atoms with Crippen LogP contribution < -0.4 is 10.5 Å². The van der Waals surface area contributed by atoms with Gasteiger partial charge < -0.3 is 10.5 Å². The largest absolute Gasteiger partial charge is 0.476 e. The summed E-state index contributed by atoms with van der Waals surface area (Å²) in [6.45, 7) is 4.36. The maximum atomic E-state index is 5.75. The average molecular weight is 268 g/mol. The van der Waals surface area contributed by atoms with Crippen molar-refractivity contribution in [2.24, 2.45) is 0 Å². The number of nitrogens with two attached hydrogens (primary N) is 1. The van der Waals surface area contributed by atoms with Crippen molar-refractivity contribution < 1.29 is 4.74 Å². The lowest BCUT2D eigenvalue weighted by molar-refractivity contribution is 0.326. The highest BCUT2D eigenvalue weighted by Crippen LogP contribution is 2.31. The second kappa shape index (κ2) is 5.33. The Morgan fingerprint density at radius 1 is 1.41 bits per heavy atom. The molecule has 0 aliphatic carbocycles. The van der Waals surface area contributed by atoms with Crippen molar-refractivity contribution in [3.05, 3.63) is 17.1 Å². The fourth-order valence-electron chi connectivity index (χ4n) is 1.15.